The first-order valence-corrected chi connectivity index (χ1v) is 15.5. The van der Waals surface area contributed by atoms with Crippen molar-refractivity contribution in [3.8, 4) is 11.3 Å². The zero-order chi connectivity index (χ0) is 31.9. The van der Waals surface area contributed by atoms with Crippen molar-refractivity contribution in [3.63, 3.8) is 0 Å². The van der Waals surface area contributed by atoms with Crippen LogP contribution in [-0.4, -0.2) is 17.6 Å². The summed E-state index contributed by atoms with van der Waals surface area (Å²) >= 11 is 0. The van der Waals surface area contributed by atoms with Crippen molar-refractivity contribution >= 4 is 35.0 Å². The van der Waals surface area contributed by atoms with Crippen molar-refractivity contribution in [1.82, 2.24) is 4.48 Å². The Labute approximate surface area is 269 Å². The van der Waals surface area contributed by atoms with Crippen LogP contribution >= 0.6 is 0 Å². The van der Waals surface area contributed by atoms with Crippen molar-refractivity contribution in [1.29, 1.82) is 0 Å². The van der Waals surface area contributed by atoms with Crippen LogP contribution < -0.4 is 0 Å². The van der Waals surface area contributed by atoms with Gasteiger partial charge in [0, 0.05) is 38.7 Å². The van der Waals surface area contributed by atoms with Gasteiger partial charge in [-0.15, -0.1) is 0 Å². The van der Waals surface area contributed by atoms with Gasteiger partial charge in [0.1, 0.15) is 0 Å². The number of nitrogens with zero attached hydrogens (tertiary/aromatic N) is 2. The normalized spacial score (nSPS) is 14.0. The van der Waals surface area contributed by atoms with Gasteiger partial charge in [-0.3, -0.25) is 8.63 Å². The van der Waals surface area contributed by atoms with E-state index in [0.717, 1.165) is 66.6 Å². The van der Waals surface area contributed by atoms with Crippen LogP contribution in [0.4, 0.5) is 8.63 Å². The Hall–Kier alpha value is -5.29. The predicted octanol–water partition coefficient (Wildman–Crippen LogP) is 10.7. The minimum absolute atomic E-state index is 0.459. The SMILES string of the molecule is Cc1cccc(/C(=C2/N=C(c3ccccc3)C=C2c2ccccc2)c2c3ccccc3c(-c3c(C)cc(C)cc3C)n2B(F)F)c1. The molecule has 224 valence electrons. The summed E-state index contributed by atoms with van der Waals surface area (Å²) in [5.74, 6) is 0. The van der Waals surface area contributed by atoms with Crippen LogP contribution in [0.25, 0.3) is 33.2 Å². The fraction of sp³-hybridized carbons (Fsp3) is 0.0976. The molecule has 7 rings (SSSR count). The molecular weight excluding hydrogens is 569 g/mol. The summed E-state index contributed by atoms with van der Waals surface area (Å²) in [5.41, 5.74) is 11.7. The van der Waals surface area contributed by atoms with E-state index in [4.69, 9.17) is 4.99 Å². The van der Waals surface area contributed by atoms with Crippen molar-refractivity contribution in [3.05, 3.63) is 178 Å². The van der Waals surface area contributed by atoms with Crippen LogP contribution in [-0.2, 0) is 0 Å². The number of fused-ring (bicyclic) bond motifs is 1. The lowest BCUT2D eigenvalue weighted by Crippen LogP contribution is -2.18. The first kappa shape index (κ1) is 29.4. The number of hydrogen-bond acceptors (Lipinski definition) is 1. The van der Waals surface area contributed by atoms with Crippen LogP contribution in [0.1, 0.15) is 44.6 Å². The zero-order valence-corrected chi connectivity index (χ0v) is 26.4. The summed E-state index contributed by atoms with van der Waals surface area (Å²) in [6.45, 7) is 8.09. The Morgan fingerprint density at radius 3 is 1.87 bits per heavy atom. The highest BCUT2D eigenvalue weighted by Gasteiger charge is 2.34. The highest BCUT2D eigenvalue weighted by Crippen LogP contribution is 2.46. The van der Waals surface area contributed by atoms with E-state index in [0.29, 0.717) is 22.7 Å². The number of rotatable bonds is 6. The molecule has 0 fully saturated rings. The molecule has 1 aliphatic rings. The third kappa shape index (κ3) is 5.12. The number of aliphatic imine (C=N–C) groups is 1. The van der Waals surface area contributed by atoms with Crippen molar-refractivity contribution in [2.75, 3.05) is 0 Å². The maximum atomic E-state index is 15.8. The molecule has 1 aliphatic heterocycles. The van der Waals surface area contributed by atoms with Gasteiger partial charge in [-0.2, -0.15) is 0 Å². The van der Waals surface area contributed by atoms with E-state index in [1.807, 2.05) is 119 Å². The molecule has 0 atom stereocenters. The molecule has 0 saturated heterocycles. The molecule has 0 amide bonds. The second-order valence-corrected chi connectivity index (χ2v) is 12.0. The van der Waals surface area contributed by atoms with Gasteiger partial charge in [0.15, 0.2) is 0 Å². The minimum atomic E-state index is -2.80. The fourth-order valence-electron chi connectivity index (χ4n) is 6.92. The molecule has 5 heteroatoms. The minimum Gasteiger partial charge on any atom is -0.324 e. The summed E-state index contributed by atoms with van der Waals surface area (Å²) < 4.78 is 32.9. The molecule has 0 N–H and O–H groups in total. The van der Waals surface area contributed by atoms with Gasteiger partial charge in [-0.05, 0) is 56.0 Å². The summed E-state index contributed by atoms with van der Waals surface area (Å²) in [6, 6.07) is 40.1. The third-order valence-corrected chi connectivity index (χ3v) is 8.73. The molecule has 0 spiro atoms. The molecule has 0 unspecified atom stereocenters. The lowest BCUT2D eigenvalue weighted by Gasteiger charge is -2.19. The van der Waals surface area contributed by atoms with E-state index in [2.05, 4.69) is 36.4 Å². The number of halogens is 2. The third-order valence-electron chi connectivity index (χ3n) is 8.73. The Balaban J connectivity index is 1.67. The average Bonchev–Trinajstić information content (AvgIpc) is 3.63. The Kier molecular flexibility index (Phi) is 7.62. The zero-order valence-electron chi connectivity index (χ0n) is 26.4. The monoisotopic (exact) mass is 602 g/mol. The van der Waals surface area contributed by atoms with Crippen molar-refractivity contribution in [2.45, 2.75) is 27.7 Å². The number of benzene rings is 5. The fourth-order valence-corrected chi connectivity index (χ4v) is 6.92. The molecule has 2 heterocycles. The lowest BCUT2D eigenvalue weighted by atomic mass is 9.91. The molecule has 0 aliphatic carbocycles. The maximum Gasteiger partial charge on any atom is 0.678 e. The van der Waals surface area contributed by atoms with Crippen LogP contribution in [0, 0.1) is 27.7 Å². The number of allylic oxidation sites excluding steroid dienone is 2. The molecule has 46 heavy (non-hydrogen) atoms. The molecule has 6 aromatic rings. The summed E-state index contributed by atoms with van der Waals surface area (Å²) in [7, 11) is -2.80. The Morgan fingerprint density at radius 1 is 0.630 bits per heavy atom. The molecule has 5 aromatic carbocycles. The lowest BCUT2D eigenvalue weighted by molar-refractivity contribution is 0.630. The quantitative estimate of drug-likeness (QED) is 0.169. The summed E-state index contributed by atoms with van der Waals surface area (Å²) in [6.07, 6.45) is 2.09. The number of aromatic nitrogens is 1. The number of hydrogen-bond donors (Lipinski definition) is 0. The molecule has 0 saturated carbocycles. The van der Waals surface area contributed by atoms with E-state index in [1.165, 1.54) is 4.48 Å². The molecule has 2 nitrogen and oxygen atoms in total. The van der Waals surface area contributed by atoms with E-state index in [9.17, 15) is 0 Å². The van der Waals surface area contributed by atoms with E-state index >= 15 is 8.63 Å². The average molecular weight is 603 g/mol. The summed E-state index contributed by atoms with van der Waals surface area (Å²) in [5, 5.41) is 1.55. The topological polar surface area (TPSA) is 17.3 Å². The van der Waals surface area contributed by atoms with Crippen LogP contribution in [0.15, 0.2) is 138 Å². The van der Waals surface area contributed by atoms with Gasteiger partial charge in [0.2, 0.25) is 0 Å². The van der Waals surface area contributed by atoms with Crippen molar-refractivity contribution in [2.24, 2.45) is 4.99 Å². The van der Waals surface area contributed by atoms with Gasteiger partial charge in [-0.25, -0.2) is 4.99 Å². The van der Waals surface area contributed by atoms with Gasteiger partial charge in [0.25, 0.3) is 0 Å². The van der Waals surface area contributed by atoms with Crippen LogP contribution in [0.3, 0.4) is 0 Å². The van der Waals surface area contributed by atoms with E-state index < -0.39 is 7.40 Å². The van der Waals surface area contributed by atoms with Crippen LogP contribution in [0.2, 0.25) is 0 Å². The van der Waals surface area contributed by atoms with E-state index in [-0.39, 0.29) is 0 Å². The maximum absolute atomic E-state index is 15.8. The van der Waals surface area contributed by atoms with E-state index in [1.54, 1.807) is 0 Å². The van der Waals surface area contributed by atoms with Gasteiger partial charge in [-0.1, -0.05) is 132 Å². The largest absolute Gasteiger partial charge is 0.678 e. The Bertz CT molecular complexity index is 2180. The molecule has 1 aromatic heterocycles. The Morgan fingerprint density at radius 2 is 1.24 bits per heavy atom. The highest BCUT2D eigenvalue weighted by atomic mass is 19.2. The van der Waals surface area contributed by atoms with Crippen molar-refractivity contribution < 1.29 is 8.63 Å². The first-order valence-electron chi connectivity index (χ1n) is 15.5. The molecular formula is C41H33BF2N2. The summed E-state index contributed by atoms with van der Waals surface area (Å²) in [4.78, 5) is 5.28. The second-order valence-electron chi connectivity index (χ2n) is 12.0. The van der Waals surface area contributed by atoms with Gasteiger partial charge in [0.05, 0.1) is 17.1 Å². The number of aryl methyl sites for hydroxylation is 4. The highest BCUT2D eigenvalue weighted by molar-refractivity contribution is 6.44. The van der Waals surface area contributed by atoms with Crippen LogP contribution in [0.5, 0.6) is 0 Å². The van der Waals surface area contributed by atoms with Gasteiger partial charge >= 0.3 is 7.40 Å². The molecule has 0 radical (unpaired) electrons. The van der Waals surface area contributed by atoms with Gasteiger partial charge < -0.3 is 4.48 Å². The smallest absolute Gasteiger partial charge is 0.324 e. The standard InChI is InChI=1S/C41H33BF2N2/c1-26-14-13-19-32(24-26)38(39-35(30-15-7-5-8-16-30)25-36(45-39)31-17-9-6-10-18-31)41-34-21-12-11-20-33(34)40(46(41)42(43)44)37-28(3)22-27(2)23-29(37)4/h5-25H,1-4H3/b39-38-. The first-order chi connectivity index (χ1) is 22.3. The molecule has 0 bridgehead atoms. The second kappa shape index (κ2) is 11.9. The predicted molar refractivity (Wildman–Crippen MR) is 190 cm³/mol.